The number of carbonyl (C=O) groups excluding carboxylic acids is 1. The van der Waals surface area contributed by atoms with Crippen molar-refractivity contribution in [2.24, 2.45) is 53.3 Å². The van der Waals surface area contributed by atoms with Crippen molar-refractivity contribution < 1.29 is 78.5 Å². The number of carbonyl (C=O) groups is 2. The van der Waals surface area contributed by atoms with Crippen molar-refractivity contribution in [3.8, 4) is 0 Å². The summed E-state index contributed by atoms with van der Waals surface area (Å²) in [5.74, 6) is -17.2. The molecule has 0 aromatic carbocycles. The van der Waals surface area contributed by atoms with Crippen LogP contribution in [0.1, 0.15) is 116 Å². The third-order valence-electron chi connectivity index (χ3n) is 15.8. The molecule has 0 saturated carbocycles. The lowest BCUT2D eigenvalue weighted by molar-refractivity contribution is -0.394. The van der Waals surface area contributed by atoms with E-state index in [2.05, 4.69) is 6.92 Å². The molecule has 0 radical (unpaired) electrons. The number of hydrogen-bond donors (Lipinski definition) is 7. The lowest BCUT2D eigenvalue weighted by atomic mass is 9.69. The predicted molar refractivity (Wildman–Crippen MR) is 224 cm³/mol. The second kappa shape index (κ2) is 17.9. The number of ketones is 1. The van der Waals surface area contributed by atoms with Gasteiger partial charge < -0.3 is 68.9 Å². The van der Waals surface area contributed by atoms with E-state index in [4.69, 9.17) is 33.2 Å². The number of hydrogen-bond acceptors (Lipinski definition) is 15. The van der Waals surface area contributed by atoms with Crippen molar-refractivity contribution >= 4 is 11.8 Å². The molecule has 22 atom stereocenters. The third-order valence-corrected chi connectivity index (χ3v) is 15.8. The van der Waals surface area contributed by atoms with Gasteiger partial charge in [-0.1, -0.05) is 68.4 Å². The average Bonchev–Trinajstić information content (AvgIpc) is 3.78. The molecule has 0 bridgehead atoms. The minimum atomic E-state index is -2.68. The Bertz CT molecular complexity index is 1650. The van der Waals surface area contributed by atoms with Crippen LogP contribution in [0.3, 0.4) is 0 Å². The molecule has 4 fully saturated rings. The molecule has 0 aromatic heterocycles. The maximum atomic E-state index is 14.6. The Kier molecular flexibility index (Phi) is 14.8. The second-order valence-corrected chi connectivity index (χ2v) is 20.8. The van der Waals surface area contributed by atoms with E-state index in [1.807, 2.05) is 34.6 Å². The summed E-state index contributed by atoms with van der Waals surface area (Å²) in [6, 6.07) is 0. The fourth-order valence-corrected chi connectivity index (χ4v) is 11.8. The van der Waals surface area contributed by atoms with Gasteiger partial charge in [0.2, 0.25) is 11.6 Å². The van der Waals surface area contributed by atoms with Crippen LogP contribution in [0.5, 0.6) is 0 Å². The summed E-state index contributed by atoms with van der Waals surface area (Å²) in [7, 11) is 2.93. The number of carboxylic acids is 1. The zero-order chi connectivity index (χ0) is 47.0. The van der Waals surface area contributed by atoms with Gasteiger partial charge in [-0.2, -0.15) is 0 Å². The Morgan fingerprint density at radius 1 is 0.871 bits per heavy atom. The smallest absolute Gasteiger partial charge is 0.311 e. The first kappa shape index (κ1) is 51.3. The van der Waals surface area contributed by atoms with Crippen LogP contribution in [0.25, 0.3) is 0 Å². The van der Waals surface area contributed by atoms with Crippen LogP contribution in [0, 0.1) is 53.3 Å². The van der Waals surface area contributed by atoms with Crippen LogP contribution < -0.4 is 0 Å². The highest BCUT2D eigenvalue weighted by Gasteiger charge is 2.67. The molecule has 16 nitrogen and oxygen atoms in total. The quantitative estimate of drug-likeness (QED) is 0.124. The summed E-state index contributed by atoms with van der Waals surface area (Å²) in [5.41, 5.74) is -2.79. The molecule has 0 amide bonds. The Hall–Kier alpha value is -1.64. The average molecular weight is 887 g/mol. The summed E-state index contributed by atoms with van der Waals surface area (Å²) in [6.45, 7) is 22.1. The number of aliphatic carboxylic acids is 1. The SMILES string of the molecule is COC1C(C)C(C2CC(C)C(C3(C)CCC(C(O)C4(O)OC(O)(C(C)C(=O)C(C)C5OC(O)(C(C)C(=O)O)C(C)(O)C(OC)C5C)C(C)C=C4CC(C)C)O3)O2)OC(C)(O)C1C. The molecular formula is C46H78O16. The molecule has 0 aromatic rings. The zero-order valence-corrected chi connectivity index (χ0v) is 39.5. The number of ether oxygens (including phenoxy) is 7. The van der Waals surface area contributed by atoms with Gasteiger partial charge in [0.15, 0.2) is 11.6 Å². The zero-order valence-electron chi connectivity index (χ0n) is 39.5. The van der Waals surface area contributed by atoms with Gasteiger partial charge in [0.25, 0.3) is 0 Å². The summed E-state index contributed by atoms with van der Waals surface area (Å²) >= 11 is 0. The molecule has 5 heterocycles. The number of methoxy groups -OCH3 is 2. The van der Waals surface area contributed by atoms with Crippen molar-refractivity contribution in [1.82, 2.24) is 0 Å². The molecule has 5 aliphatic heterocycles. The maximum absolute atomic E-state index is 14.6. The molecule has 7 N–H and O–H groups in total. The highest BCUT2D eigenvalue weighted by atomic mass is 16.7. The normalized spacial score (nSPS) is 49.6. The van der Waals surface area contributed by atoms with E-state index in [0.717, 1.165) is 0 Å². The van der Waals surface area contributed by atoms with E-state index in [1.54, 1.807) is 34.0 Å². The van der Waals surface area contributed by atoms with E-state index in [9.17, 15) is 45.3 Å². The van der Waals surface area contributed by atoms with E-state index in [0.29, 0.717) is 24.8 Å². The van der Waals surface area contributed by atoms with Crippen LogP contribution >= 0.6 is 0 Å². The fraction of sp³-hybridized carbons (Fsp3) is 0.913. The molecule has 16 heteroatoms. The maximum Gasteiger partial charge on any atom is 0.311 e. The third kappa shape index (κ3) is 8.49. The van der Waals surface area contributed by atoms with Gasteiger partial charge in [0, 0.05) is 43.8 Å². The second-order valence-electron chi connectivity index (χ2n) is 20.8. The first-order valence-corrected chi connectivity index (χ1v) is 22.6. The lowest BCUT2D eigenvalue weighted by Gasteiger charge is -2.56. The molecule has 5 rings (SSSR count). The molecule has 358 valence electrons. The minimum Gasteiger partial charge on any atom is -0.481 e. The first-order valence-electron chi connectivity index (χ1n) is 22.6. The highest BCUT2D eigenvalue weighted by Crippen LogP contribution is 2.52. The molecule has 0 aliphatic carbocycles. The summed E-state index contributed by atoms with van der Waals surface area (Å²) in [5, 5.41) is 81.6. The minimum absolute atomic E-state index is 0.00307. The van der Waals surface area contributed by atoms with Gasteiger partial charge in [-0.15, -0.1) is 0 Å². The van der Waals surface area contributed by atoms with Gasteiger partial charge in [-0.05, 0) is 70.8 Å². The number of Topliss-reactive ketones (excluding diaryl/α,β-unsaturated/α-hetero) is 1. The number of aliphatic hydroxyl groups is 6. The van der Waals surface area contributed by atoms with E-state index < -0.39 is 112 Å². The molecular weight excluding hydrogens is 808 g/mol. The lowest BCUT2D eigenvalue weighted by Crippen LogP contribution is -2.73. The molecule has 0 spiro atoms. The van der Waals surface area contributed by atoms with Crippen molar-refractivity contribution in [1.29, 1.82) is 0 Å². The van der Waals surface area contributed by atoms with Gasteiger partial charge in [0.1, 0.15) is 23.4 Å². The summed E-state index contributed by atoms with van der Waals surface area (Å²) in [6.07, 6.45) is -3.27. The van der Waals surface area contributed by atoms with Gasteiger partial charge in [0.05, 0.1) is 54.2 Å². The van der Waals surface area contributed by atoms with Crippen molar-refractivity contribution in [3.05, 3.63) is 11.6 Å². The van der Waals surface area contributed by atoms with Gasteiger partial charge in [-0.25, -0.2) is 0 Å². The molecule has 4 saturated heterocycles. The van der Waals surface area contributed by atoms with Gasteiger partial charge >= 0.3 is 5.97 Å². The number of carboxylic acid groups (broad SMARTS) is 1. The summed E-state index contributed by atoms with van der Waals surface area (Å²) < 4.78 is 43.5. The van der Waals surface area contributed by atoms with E-state index in [1.165, 1.54) is 34.8 Å². The molecule has 62 heavy (non-hydrogen) atoms. The standard InChI is InChI=1S/C46H78O16/c1-21(2)18-30-20-23(4)44(53,27(8)33(47)24(5)34-26(7)39(57-15)42(12,51)46(55,61-34)29(10)40(49)50)62-45(30,54)37(48)31-16-17-41(11,59-31)38-22(3)19-32(58-38)36-25(6)35(56-14)28(9)43(13,52)60-36/h20-29,31-32,34-39,48,51-55H,16-19H2,1-15H3,(H,49,50). The van der Waals surface area contributed by atoms with Crippen LogP contribution in [-0.2, 0) is 42.7 Å². The predicted octanol–water partition coefficient (Wildman–Crippen LogP) is 3.54. The van der Waals surface area contributed by atoms with Crippen LogP contribution in [0.4, 0.5) is 0 Å². The van der Waals surface area contributed by atoms with Crippen molar-refractivity contribution in [2.75, 3.05) is 14.2 Å². The highest BCUT2D eigenvalue weighted by molar-refractivity contribution is 5.84. The number of rotatable bonds is 14. The Balaban J connectivity index is 1.39. The van der Waals surface area contributed by atoms with Crippen molar-refractivity contribution in [3.63, 3.8) is 0 Å². The van der Waals surface area contributed by atoms with Crippen LogP contribution in [0.15, 0.2) is 11.6 Å². The Morgan fingerprint density at radius 2 is 1.48 bits per heavy atom. The first-order chi connectivity index (χ1) is 28.4. The topological polar surface area (TPSA) is 240 Å². The largest absolute Gasteiger partial charge is 0.481 e. The van der Waals surface area contributed by atoms with Crippen molar-refractivity contribution in [2.45, 2.75) is 199 Å². The Morgan fingerprint density at radius 3 is 2.03 bits per heavy atom. The summed E-state index contributed by atoms with van der Waals surface area (Å²) in [4.78, 5) is 26.7. The molecule has 5 aliphatic rings. The molecule has 22 unspecified atom stereocenters. The van der Waals surface area contributed by atoms with Crippen LogP contribution in [0.2, 0.25) is 0 Å². The van der Waals surface area contributed by atoms with E-state index in [-0.39, 0.29) is 42.3 Å². The number of aliphatic hydroxyl groups excluding tert-OH is 1. The van der Waals surface area contributed by atoms with Crippen LogP contribution in [-0.4, -0.2) is 145 Å². The fourth-order valence-electron chi connectivity index (χ4n) is 11.8. The Labute approximate surface area is 367 Å². The monoisotopic (exact) mass is 887 g/mol. The van der Waals surface area contributed by atoms with Gasteiger partial charge in [-0.3, -0.25) is 9.59 Å². The van der Waals surface area contributed by atoms with E-state index >= 15 is 0 Å².